The number of amides is 1. The third kappa shape index (κ3) is 2.92. The fourth-order valence-corrected chi connectivity index (χ4v) is 2.32. The summed E-state index contributed by atoms with van der Waals surface area (Å²) in [6, 6.07) is 3.48. The van der Waals surface area contributed by atoms with E-state index in [2.05, 4.69) is 15.9 Å². The van der Waals surface area contributed by atoms with E-state index in [1.807, 2.05) is 0 Å². The van der Waals surface area contributed by atoms with Crippen molar-refractivity contribution in [2.75, 3.05) is 19.7 Å². The second kappa shape index (κ2) is 5.13. The minimum atomic E-state index is -4.57. The van der Waals surface area contributed by atoms with E-state index in [0.29, 0.717) is 13.1 Å². The molecule has 19 heavy (non-hydrogen) atoms. The van der Waals surface area contributed by atoms with Gasteiger partial charge in [0.2, 0.25) is 0 Å². The molecule has 0 bridgehead atoms. The molecule has 1 amide bonds. The largest absolute Gasteiger partial charge is 0.417 e. The summed E-state index contributed by atoms with van der Waals surface area (Å²) in [6.07, 6.45) is -4.57. The first-order chi connectivity index (χ1) is 8.82. The van der Waals surface area contributed by atoms with Crippen LogP contribution in [0.3, 0.4) is 0 Å². The predicted octanol–water partition coefficient (Wildman–Crippen LogP) is 2.53. The molecular weight excluding hydrogens is 327 g/mol. The van der Waals surface area contributed by atoms with E-state index in [1.165, 1.54) is 17.0 Å². The van der Waals surface area contributed by atoms with E-state index in [-0.39, 0.29) is 22.6 Å². The molecule has 1 saturated heterocycles. The Morgan fingerprint density at radius 3 is 2.58 bits per heavy atom. The number of aliphatic hydroxyl groups excluding tert-OH is 1. The van der Waals surface area contributed by atoms with Crippen LogP contribution in [0.5, 0.6) is 0 Å². The van der Waals surface area contributed by atoms with Crippen molar-refractivity contribution < 1.29 is 23.1 Å². The second-order valence-corrected chi connectivity index (χ2v) is 5.36. The maximum absolute atomic E-state index is 12.9. The predicted molar refractivity (Wildman–Crippen MR) is 65.6 cm³/mol. The molecule has 0 saturated carbocycles. The summed E-state index contributed by atoms with van der Waals surface area (Å²) >= 11 is 2.97. The highest BCUT2D eigenvalue weighted by Gasteiger charge is 2.38. The van der Waals surface area contributed by atoms with Crippen LogP contribution in [0.15, 0.2) is 22.7 Å². The number of rotatable bonds is 2. The van der Waals surface area contributed by atoms with E-state index in [9.17, 15) is 18.0 Å². The molecule has 0 aromatic heterocycles. The molecule has 1 fully saturated rings. The lowest BCUT2D eigenvalue weighted by Gasteiger charge is -2.38. The average Bonchev–Trinajstić information content (AvgIpc) is 2.26. The molecule has 2 rings (SSSR count). The molecule has 3 nitrogen and oxygen atoms in total. The van der Waals surface area contributed by atoms with Gasteiger partial charge in [-0.25, -0.2) is 0 Å². The molecule has 0 spiro atoms. The maximum atomic E-state index is 12.9. The first-order valence-electron chi connectivity index (χ1n) is 5.60. The van der Waals surface area contributed by atoms with Crippen molar-refractivity contribution in [3.05, 3.63) is 33.8 Å². The van der Waals surface area contributed by atoms with Gasteiger partial charge < -0.3 is 10.0 Å². The molecular formula is C12H11BrF3NO2. The number of hydrogen-bond acceptors (Lipinski definition) is 2. The van der Waals surface area contributed by atoms with E-state index in [1.54, 1.807) is 0 Å². The third-order valence-corrected chi connectivity index (χ3v) is 3.51. The van der Waals surface area contributed by atoms with Gasteiger partial charge in [-0.3, -0.25) is 4.79 Å². The first-order valence-corrected chi connectivity index (χ1v) is 6.39. The van der Waals surface area contributed by atoms with Crippen LogP contribution in [0, 0.1) is 5.92 Å². The Morgan fingerprint density at radius 1 is 1.42 bits per heavy atom. The molecule has 1 aromatic rings. The SMILES string of the molecule is O=C(c1ccc(Br)cc1C(F)(F)F)N1CC(CO)C1. The number of carbonyl (C=O) groups excluding carboxylic acids is 1. The number of alkyl halides is 3. The second-order valence-electron chi connectivity index (χ2n) is 4.45. The number of carbonyl (C=O) groups is 1. The molecule has 104 valence electrons. The van der Waals surface area contributed by atoms with Crippen LogP contribution in [0.25, 0.3) is 0 Å². The number of aliphatic hydroxyl groups is 1. The van der Waals surface area contributed by atoms with Gasteiger partial charge in [0.25, 0.3) is 5.91 Å². The highest BCUT2D eigenvalue weighted by atomic mass is 79.9. The van der Waals surface area contributed by atoms with Crippen LogP contribution in [0.4, 0.5) is 13.2 Å². The monoisotopic (exact) mass is 337 g/mol. The Balaban J connectivity index is 2.27. The number of benzene rings is 1. The van der Waals surface area contributed by atoms with Crippen LogP contribution < -0.4 is 0 Å². The zero-order valence-corrected chi connectivity index (χ0v) is 11.3. The van der Waals surface area contributed by atoms with Crippen LogP contribution in [-0.2, 0) is 6.18 Å². The zero-order chi connectivity index (χ0) is 14.2. The molecule has 1 aromatic carbocycles. The Hall–Kier alpha value is -1.08. The molecule has 0 aliphatic carbocycles. The zero-order valence-electron chi connectivity index (χ0n) is 9.75. The minimum Gasteiger partial charge on any atom is -0.396 e. The summed E-state index contributed by atoms with van der Waals surface area (Å²) in [5.41, 5.74) is -1.30. The lowest BCUT2D eigenvalue weighted by molar-refractivity contribution is -0.138. The van der Waals surface area contributed by atoms with Gasteiger partial charge in [0.1, 0.15) is 0 Å². The van der Waals surface area contributed by atoms with Crippen LogP contribution in [0.1, 0.15) is 15.9 Å². The van der Waals surface area contributed by atoms with Gasteiger partial charge in [0, 0.05) is 30.1 Å². The number of hydrogen-bond donors (Lipinski definition) is 1. The molecule has 1 heterocycles. The number of halogens is 4. The lowest BCUT2D eigenvalue weighted by Crippen LogP contribution is -2.51. The van der Waals surface area contributed by atoms with E-state index < -0.39 is 17.6 Å². The molecule has 1 aliphatic rings. The molecule has 1 N–H and O–H groups in total. The van der Waals surface area contributed by atoms with Crippen molar-refractivity contribution in [1.29, 1.82) is 0 Å². The van der Waals surface area contributed by atoms with Gasteiger partial charge in [-0.05, 0) is 18.2 Å². The molecule has 1 aliphatic heterocycles. The smallest absolute Gasteiger partial charge is 0.396 e. The van der Waals surface area contributed by atoms with Gasteiger partial charge in [-0.1, -0.05) is 15.9 Å². The Kier molecular flexibility index (Phi) is 3.87. The Labute approximate surface area is 116 Å². The van der Waals surface area contributed by atoms with Crippen molar-refractivity contribution in [1.82, 2.24) is 4.90 Å². The van der Waals surface area contributed by atoms with Gasteiger partial charge in [0.15, 0.2) is 0 Å². The highest BCUT2D eigenvalue weighted by molar-refractivity contribution is 9.10. The topological polar surface area (TPSA) is 40.5 Å². The van der Waals surface area contributed by atoms with Gasteiger partial charge in [-0.2, -0.15) is 13.2 Å². The lowest BCUT2D eigenvalue weighted by atomic mass is 9.98. The molecule has 0 atom stereocenters. The quantitative estimate of drug-likeness (QED) is 0.900. The van der Waals surface area contributed by atoms with Crippen molar-refractivity contribution in [3.63, 3.8) is 0 Å². The first kappa shape index (κ1) is 14.3. The average molecular weight is 338 g/mol. The minimum absolute atomic E-state index is 0.0336. The fourth-order valence-electron chi connectivity index (χ4n) is 1.96. The van der Waals surface area contributed by atoms with E-state index >= 15 is 0 Å². The Bertz CT molecular complexity index is 498. The van der Waals surface area contributed by atoms with Crippen molar-refractivity contribution in [3.8, 4) is 0 Å². The maximum Gasteiger partial charge on any atom is 0.417 e. The summed E-state index contributed by atoms with van der Waals surface area (Å²) in [6.45, 7) is 0.529. The van der Waals surface area contributed by atoms with Crippen molar-refractivity contribution in [2.24, 2.45) is 5.92 Å². The third-order valence-electron chi connectivity index (χ3n) is 3.02. The van der Waals surface area contributed by atoms with E-state index in [0.717, 1.165) is 6.07 Å². The summed E-state index contributed by atoms with van der Waals surface area (Å²) < 4.78 is 38.9. The summed E-state index contributed by atoms with van der Waals surface area (Å²) in [5.74, 6) is -0.682. The summed E-state index contributed by atoms with van der Waals surface area (Å²) in [7, 11) is 0. The van der Waals surface area contributed by atoms with Crippen LogP contribution in [-0.4, -0.2) is 35.6 Å². The van der Waals surface area contributed by atoms with Crippen LogP contribution >= 0.6 is 15.9 Å². The van der Waals surface area contributed by atoms with Crippen molar-refractivity contribution in [2.45, 2.75) is 6.18 Å². The number of nitrogens with zero attached hydrogens (tertiary/aromatic N) is 1. The standard InChI is InChI=1S/C12H11BrF3NO2/c13-8-1-2-9(10(3-8)12(14,15)16)11(19)17-4-7(5-17)6-18/h1-3,7,18H,4-6H2. The Morgan fingerprint density at radius 2 is 2.05 bits per heavy atom. The summed E-state index contributed by atoms with van der Waals surface area (Å²) in [4.78, 5) is 13.3. The van der Waals surface area contributed by atoms with E-state index in [4.69, 9.17) is 5.11 Å². The van der Waals surface area contributed by atoms with Crippen LogP contribution in [0.2, 0.25) is 0 Å². The summed E-state index contributed by atoms with van der Waals surface area (Å²) in [5, 5.41) is 8.85. The highest BCUT2D eigenvalue weighted by Crippen LogP contribution is 2.35. The van der Waals surface area contributed by atoms with Gasteiger partial charge in [-0.15, -0.1) is 0 Å². The van der Waals surface area contributed by atoms with Gasteiger partial charge >= 0.3 is 6.18 Å². The number of likely N-dealkylation sites (tertiary alicyclic amines) is 1. The molecule has 0 unspecified atom stereocenters. The van der Waals surface area contributed by atoms with Crippen molar-refractivity contribution >= 4 is 21.8 Å². The van der Waals surface area contributed by atoms with Gasteiger partial charge in [0.05, 0.1) is 11.1 Å². The molecule has 0 radical (unpaired) electrons. The molecule has 7 heteroatoms. The fraction of sp³-hybridized carbons (Fsp3) is 0.417. The normalized spacial score (nSPS) is 16.4.